The lowest BCUT2D eigenvalue weighted by atomic mass is 10.0. The number of amides is 3. The number of fused-ring (bicyclic) bond motifs is 5. The molecule has 8 rings (SSSR count). The van der Waals surface area contributed by atoms with E-state index in [1.165, 1.54) is 14.2 Å². The van der Waals surface area contributed by atoms with Crippen LogP contribution in [0.5, 0.6) is 5.75 Å². The molecule has 0 saturated carbocycles. The van der Waals surface area contributed by atoms with E-state index in [1.54, 1.807) is 0 Å². The Hall–Kier alpha value is -5.87. The summed E-state index contributed by atoms with van der Waals surface area (Å²) in [5.41, 5.74) is 6.67. The Morgan fingerprint density at radius 1 is 0.852 bits per heavy atom. The molecule has 3 aliphatic heterocycles. The summed E-state index contributed by atoms with van der Waals surface area (Å²) in [6.07, 6.45) is 5.48. The number of aliphatic hydroxyl groups is 1. The van der Waals surface area contributed by atoms with Crippen LogP contribution in [0, 0.1) is 11.8 Å². The summed E-state index contributed by atoms with van der Waals surface area (Å²) in [4.78, 5) is 58.3. The third kappa shape index (κ3) is 7.94. The van der Waals surface area contributed by atoms with Crippen molar-refractivity contribution in [3.05, 3.63) is 66.2 Å². The van der Waals surface area contributed by atoms with Gasteiger partial charge in [-0.1, -0.05) is 40.7 Å². The van der Waals surface area contributed by atoms with E-state index in [9.17, 15) is 19.5 Å². The van der Waals surface area contributed by atoms with Gasteiger partial charge in [-0.15, -0.1) is 0 Å². The van der Waals surface area contributed by atoms with Crippen LogP contribution in [0.3, 0.4) is 0 Å². The number of methoxy groups -OCH3 is 2. The molecule has 5 aromatic rings. The van der Waals surface area contributed by atoms with Crippen LogP contribution in [-0.4, -0.2) is 103 Å². The van der Waals surface area contributed by atoms with E-state index in [4.69, 9.17) is 24.2 Å². The van der Waals surface area contributed by atoms with Crippen LogP contribution in [0.4, 0.5) is 9.59 Å². The summed E-state index contributed by atoms with van der Waals surface area (Å²) in [5.74, 6) is 1.94. The van der Waals surface area contributed by atoms with E-state index in [1.807, 2.05) is 56.0 Å². The fourth-order valence-corrected chi connectivity index (χ4v) is 9.31. The first kappa shape index (κ1) is 41.8. The minimum absolute atomic E-state index is 0.0169. The van der Waals surface area contributed by atoms with Gasteiger partial charge in [-0.05, 0) is 73.9 Å². The Kier molecular flexibility index (Phi) is 11.8. The van der Waals surface area contributed by atoms with Gasteiger partial charge in [0.1, 0.15) is 29.7 Å². The molecule has 16 nitrogen and oxygen atoms in total. The first-order valence-corrected chi connectivity index (χ1v) is 21.4. The number of benzene rings is 2. The van der Waals surface area contributed by atoms with E-state index in [0.29, 0.717) is 24.7 Å². The van der Waals surface area contributed by atoms with Crippen molar-refractivity contribution in [2.75, 3.05) is 27.3 Å². The van der Waals surface area contributed by atoms with E-state index >= 15 is 0 Å². The average Bonchev–Trinajstić information content (AvgIpc) is 4.12. The summed E-state index contributed by atoms with van der Waals surface area (Å²) >= 11 is 0. The quantitative estimate of drug-likeness (QED) is 0.0854. The highest BCUT2D eigenvalue weighted by molar-refractivity contribution is 5.92. The number of hydrogen-bond donors (Lipinski definition) is 5. The van der Waals surface area contributed by atoms with Crippen molar-refractivity contribution >= 4 is 29.0 Å². The first-order valence-electron chi connectivity index (χ1n) is 21.4. The lowest BCUT2D eigenvalue weighted by Crippen LogP contribution is -2.54. The van der Waals surface area contributed by atoms with Gasteiger partial charge >= 0.3 is 12.2 Å². The Labute approximate surface area is 355 Å². The zero-order valence-corrected chi connectivity index (χ0v) is 35.9. The SMILES string of the molecule is CCC1Oc2cc(-c3ncc(C4CCCN4C(O)C(NC(=O)OC)C(C)C)[nH]3)ccc2-c2cc3cc(-c4ncc(C5CCCN5C(=O)C(NC(=O)OC)C(C)C)[nH]4)ccc3n21. The largest absolute Gasteiger partial charge is 0.469 e. The molecule has 0 bridgehead atoms. The lowest BCUT2D eigenvalue weighted by molar-refractivity contribution is -0.135. The van der Waals surface area contributed by atoms with Crippen LogP contribution in [0.2, 0.25) is 0 Å². The summed E-state index contributed by atoms with van der Waals surface area (Å²) in [6.45, 7) is 11.2. The number of carbonyl (C=O) groups is 3. The predicted molar refractivity (Wildman–Crippen MR) is 229 cm³/mol. The summed E-state index contributed by atoms with van der Waals surface area (Å²) in [5, 5.41) is 18.0. The van der Waals surface area contributed by atoms with Crippen LogP contribution < -0.4 is 15.4 Å². The molecule has 3 amide bonds. The number of alkyl carbamates (subject to hydrolysis) is 2. The maximum Gasteiger partial charge on any atom is 0.407 e. The lowest BCUT2D eigenvalue weighted by Gasteiger charge is -2.36. The van der Waals surface area contributed by atoms with Crippen LogP contribution >= 0.6 is 0 Å². The highest BCUT2D eigenvalue weighted by Gasteiger charge is 2.39. The van der Waals surface area contributed by atoms with Crippen molar-refractivity contribution in [1.29, 1.82) is 0 Å². The average molecular weight is 836 g/mol. The molecule has 6 unspecified atom stereocenters. The molecule has 0 aliphatic carbocycles. The Morgan fingerprint density at radius 3 is 2.16 bits per heavy atom. The maximum absolute atomic E-state index is 13.7. The van der Waals surface area contributed by atoms with Gasteiger partial charge in [-0.25, -0.2) is 19.6 Å². The van der Waals surface area contributed by atoms with Crippen molar-refractivity contribution in [1.82, 2.24) is 44.9 Å². The molecular formula is C45H57N9O7. The molecule has 3 aromatic heterocycles. The molecule has 2 fully saturated rings. The van der Waals surface area contributed by atoms with Crippen LogP contribution in [0.15, 0.2) is 54.9 Å². The van der Waals surface area contributed by atoms with Crippen molar-refractivity contribution in [2.45, 2.75) is 103 Å². The minimum Gasteiger partial charge on any atom is -0.469 e. The van der Waals surface area contributed by atoms with E-state index < -0.39 is 30.5 Å². The Balaban J connectivity index is 1.02. The van der Waals surface area contributed by atoms with Gasteiger partial charge in [0.15, 0.2) is 6.23 Å². The van der Waals surface area contributed by atoms with Crippen molar-refractivity contribution in [2.24, 2.45) is 11.8 Å². The standard InChI is InChI=1S/C45H57N9O7/c1-8-37-54-32-16-14-26(40-46-22-30(48-40)33-11-9-17-52(33)42(55)38(24(2)3)50-44(57)59-6)19-28(32)20-35(54)29-15-13-27(21-36(29)61-37)41-47-23-31(49-41)34-12-10-18-53(34)43(56)39(25(4)5)51-45(58)60-7/h13-16,19-25,33-34,37-39,43,56H,8-12,17-18H2,1-7H3,(H,46,48)(H,47,49)(H,50,57)(H,51,58). The highest BCUT2D eigenvalue weighted by atomic mass is 16.5. The second kappa shape index (κ2) is 17.2. The van der Waals surface area contributed by atoms with Crippen LogP contribution in [-0.2, 0) is 14.3 Å². The molecule has 16 heteroatoms. The fraction of sp³-hybridized carbons (Fsp3) is 0.489. The summed E-state index contributed by atoms with van der Waals surface area (Å²) in [7, 11) is 2.62. The van der Waals surface area contributed by atoms with Crippen LogP contribution in [0.25, 0.3) is 44.9 Å². The third-order valence-electron chi connectivity index (χ3n) is 12.5. The molecule has 324 valence electrons. The van der Waals surface area contributed by atoms with E-state index in [2.05, 4.69) is 68.5 Å². The number of aliphatic hydroxyl groups excluding tert-OH is 1. The number of H-pyrrole nitrogens is 2. The molecule has 3 aliphatic rings. The number of imidazole rings is 2. The Morgan fingerprint density at radius 2 is 1.49 bits per heavy atom. The number of ether oxygens (including phenoxy) is 3. The molecular weight excluding hydrogens is 779 g/mol. The number of nitrogens with one attached hydrogen (secondary N) is 4. The summed E-state index contributed by atoms with van der Waals surface area (Å²) < 4.78 is 18.6. The number of aromatic nitrogens is 5. The predicted octanol–water partition coefficient (Wildman–Crippen LogP) is 7.27. The number of rotatable bonds is 12. The fourth-order valence-electron chi connectivity index (χ4n) is 9.31. The minimum atomic E-state index is -0.900. The second-order valence-electron chi connectivity index (χ2n) is 17.0. The van der Waals surface area contributed by atoms with E-state index in [0.717, 1.165) is 82.5 Å². The molecule has 2 saturated heterocycles. The molecule has 0 spiro atoms. The number of likely N-dealkylation sites (tertiary alicyclic amines) is 2. The molecule has 2 aromatic carbocycles. The van der Waals surface area contributed by atoms with Crippen LogP contribution in [0.1, 0.15) is 96.4 Å². The zero-order chi connectivity index (χ0) is 43.1. The number of carbonyl (C=O) groups excluding carboxylic acids is 3. The van der Waals surface area contributed by atoms with Gasteiger partial charge in [0.25, 0.3) is 0 Å². The number of hydrogen-bond acceptors (Lipinski definition) is 10. The number of aromatic amines is 2. The van der Waals surface area contributed by atoms with Gasteiger partial charge in [0.2, 0.25) is 5.91 Å². The molecule has 61 heavy (non-hydrogen) atoms. The maximum atomic E-state index is 13.7. The molecule has 5 N–H and O–H groups in total. The van der Waals surface area contributed by atoms with Gasteiger partial charge < -0.3 is 49.4 Å². The second-order valence-corrected chi connectivity index (χ2v) is 17.0. The normalized spacial score (nSPS) is 20.3. The number of nitrogens with zero attached hydrogens (tertiary/aromatic N) is 5. The topological polar surface area (TPSA) is 192 Å². The molecule has 0 radical (unpaired) electrons. The van der Waals surface area contributed by atoms with Gasteiger partial charge in [-0.3, -0.25) is 9.69 Å². The molecule has 6 heterocycles. The third-order valence-corrected chi connectivity index (χ3v) is 12.5. The summed E-state index contributed by atoms with van der Waals surface area (Å²) in [6, 6.07) is 13.2. The zero-order valence-electron chi connectivity index (χ0n) is 35.9. The van der Waals surface area contributed by atoms with Crippen molar-refractivity contribution < 1.29 is 33.7 Å². The van der Waals surface area contributed by atoms with Gasteiger partial charge in [0.05, 0.1) is 67.3 Å². The first-order chi connectivity index (χ1) is 29.4. The van der Waals surface area contributed by atoms with E-state index in [-0.39, 0.29) is 36.1 Å². The molecule has 6 atom stereocenters. The highest BCUT2D eigenvalue weighted by Crippen LogP contribution is 2.45. The smallest absolute Gasteiger partial charge is 0.407 e. The van der Waals surface area contributed by atoms with Gasteiger partial charge in [0, 0.05) is 41.6 Å². The van der Waals surface area contributed by atoms with Crippen molar-refractivity contribution in [3.63, 3.8) is 0 Å². The Bertz CT molecular complexity index is 2400. The van der Waals surface area contributed by atoms with Gasteiger partial charge in [-0.2, -0.15) is 0 Å². The van der Waals surface area contributed by atoms with Crippen molar-refractivity contribution in [3.8, 4) is 39.8 Å². The monoisotopic (exact) mass is 835 g/mol.